The molecule has 1 aliphatic carbocycles. The fourth-order valence-electron chi connectivity index (χ4n) is 2.42. The molecule has 1 aromatic carbocycles. The van der Waals surface area contributed by atoms with Gasteiger partial charge in [-0.2, -0.15) is 0 Å². The van der Waals surface area contributed by atoms with E-state index in [1.807, 2.05) is 18.2 Å². The Kier molecular flexibility index (Phi) is 4.59. The lowest BCUT2D eigenvalue weighted by molar-refractivity contribution is 0.182. The predicted molar refractivity (Wildman–Crippen MR) is 79.2 cm³/mol. The van der Waals surface area contributed by atoms with Crippen LogP contribution in [0.15, 0.2) is 18.2 Å². The second-order valence-corrected chi connectivity index (χ2v) is 5.52. The molecule has 0 saturated heterocycles. The molecule has 18 heavy (non-hydrogen) atoms. The molecule has 2 nitrogen and oxygen atoms in total. The number of rotatable bonds is 3. The van der Waals surface area contributed by atoms with Gasteiger partial charge in [-0.3, -0.25) is 0 Å². The molecule has 0 bridgehead atoms. The molecule has 0 amide bonds. The molecule has 0 heterocycles. The maximum absolute atomic E-state index is 6.14. The molecule has 0 atom stereocenters. The van der Waals surface area contributed by atoms with E-state index in [0.717, 1.165) is 29.7 Å². The van der Waals surface area contributed by atoms with Crippen LogP contribution in [0.1, 0.15) is 49.7 Å². The standard InChI is InChI=1S/C15H21NOS/c1-11-8-9-12(15(16)18)10-14(11)17-13-6-4-2-3-5-7-13/h8-10,13H,2-7H2,1H3,(H2,16,18). The van der Waals surface area contributed by atoms with Crippen molar-refractivity contribution in [3.63, 3.8) is 0 Å². The fraction of sp³-hybridized carbons (Fsp3) is 0.533. The smallest absolute Gasteiger partial charge is 0.123 e. The highest BCUT2D eigenvalue weighted by Crippen LogP contribution is 2.26. The summed E-state index contributed by atoms with van der Waals surface area (Å²) in [7, 11) is 0. The van der Waals surface area contributed by atoms with Crippen LogP contribution in [0.4, 0.5) is 0 Å². The molecule has 0 aromatic heterocycles. The van der Waals surface area contributed by atoms with E-state index in [1.54, 1.807) is 0 Å². The molecule has 0 unspecified atom stereocenters. The molecule has 0 aliphatic heterocycles. The molecule has 3 heteroatoms. The Morgan fingerprint density at radius 3 is 2.50 bits per heavy atom. The normalized spacial score (nSPS) is 17.2. The van der Waals surface area contributed by atoms with E-state index in [4.69, 9.17) is 22.7 Å². The van der Waals surface area contributed by atoms with Crippen molar-refractivity contribution in [3.05, 3.63) is 29.3 Å². The maximum atomic E-state index is 6.14. The van der Waals surface area contributed by atoms with Gasteiger partial charge in [-0.1, -0.05) is 37.2 Å². The van der Waals surface area contributed by atoms with Crippen LogP contribution in [0.5, 0.6) is 5.75 Å². The molecule has 2 N–H and O–H groups in total. The van der Waals surface area contributed by atoms with Gasteiger partial charge in [-0.25, -0.2) is 0 Å². The highest BCUT2D eigenvalue weighted by Gasteiger charge is 2.15. The van der Waals surface area contributed by atoms with E-state index in [-0.39, 0.29) is 0 Å². The van der Waals surface area contributed by atoms with E-state index < -0.39 is 0 Å². The number of ether oxygens (including phenoxy) is 1. The summed E-state index contributed by atoms with van der Waals surface area (Å²) in [6.07, 6.45) is 7.91. The Balaban J connectivity index is 2.11. The third-order valence-corrected chi connectivity index (χ3v) is 3.80. The van der Waals surface area contributed by atoms with Gasteiger partial charge < -0.3 is 10.5 Å². The zero-order valence-corrected chi connectivity index (χ0v) is 11.8. The van der Waals surface area contributed by atoms with Crippen LogP contribution < -0.4 is 10.5 Å². The van der Waals surface area contributed by atoms with E-state index in [9.17, 15) is 0 Å². The van der Waals surface area contributed by atoms with Crippen LogP contribution in [0, 0.1) is 6.92 Å². The number of thiocarbonyl (C=S) groups is 1. The Hall–Kier alpha value is -1.09. The van der Waals surface area contributed by atoms with Crippen LogP contribution in [-0.2, 0) is 0 Å². The monoisotopic (exact) mass is 263 g/mol. The van der Waals surface area contributed by atoms with Crippen molar-refractivity contribution in [1.82, 2.24) is 0 Å². The second kappa shape index (κ2) is 6.19. The summed E-state index contributed by atoms with van der Waals surface area (Å²) in [5.74, 6) is 0.937. The number of nitrogens with two attached hydrogens (primary N) is 1. The minimum Gasteiger partial charge on any atom is -0.490 e. The summed E-state index contributed by atoms with van der Waals surface area (Å²) in [6.45, 7) is 2.06. The Labute approximate surface area is 115 Å². The lowest BCUT2D eigenvalue weighted by atomic mass is 10.1. The first-order valence-corrected chi connectivity index (χ1v) is 7.15. The SMILES string of the molecule is Cc1ccc(C(N)=S)cc1OC1CCCCCC1. The molecular formula is C15H21NOS. The van der Waals surface area contributed by atoms with Crippen molar-refractivity contribution in [1.29, 1.82) is 0 Å². The lowest BCUT2D eigenvalue weighted by Gasteiger charge is -2.19. The predicted octanol–water partition coefficient (Wildman–Crippen LogP) is 3.73. The molecule has 0 spiro atoms. The molecule has 1 aromatic rings. The van der Waals surface area contributed by atoms with Crippen LogP contribution in [0.25, 0.3) is 0 Å². The largest absolute Gasteiger partial charge is 0.490 e. The second-order valence-electron chi connectivity index (χ2n) is 5.08. The van der Waals surface area contributed by atoms with Gasteiger partial charge in [0.1, 0.15) is 10.7 Å². The summed E-state index contributed by atoms with van der Waals surface area (Å²) in [5, 5.41) is 0. The quantitative estimate of drug-likeness (QED) is 0.666. The first-order chi connectivity index (χ1) is 8.66. The molecule has 0 radical (unpaired) electrons. The molecular weight excluding hydrogens is 242 g/mol. The van der Waals surface area contributed by atoms with E-state index >= 15 is 0 Å². The Morgan fingerprint density at radius 1 is 1.22 bits per heavy atom. The minimum absolute atomic E-state index is 0.354. The van der Waals surface area contributed by atoms with E-state index in [2.05, 4.69) is 6.92 Å². The topological polar surface area (TPSA) is 35.2 Å². The van der Waals surface area contributed by atoms with Crippen molar-refractivity contribution >= 4 is 17.2 Å². The van der Waals surface area contributed by atoms with Crippen molar-refractivity contribution in [2.45, 2.75) is 51.6 Å². The summed E-state index contributed by atoms with van der Waals surface area (Å²) in [5.41, 5.74) is 7.71. The fourth-order valence-corrected chi connectivity index (χ4v) is 2.55. The Bertz CT molecular complexity index is 423. The lowest BCUT2D eigenvalue weighted by Crippen LogP contribution is -2.16. The van der Waals surface area contributed by atoms with Crippen molar-refractivity contribution in [3.8, 4) is 5.75 Å². The summed E-state index contributed by atoms with van der Waals surface area (Å²) >= 11 is 5.01. The average molecular weight is 263 g/mol. The Morgan fingerprint density at radius 2 is 1.89 bits per heavy atom. The average Bonchev–Trinajstić information content (AvgIpc) is 2.60. The third kappa shape index (κ3) is 3.45. The number of hydrogen-bond donors (Lipinski definition) is 1. The third-order valence-electron chi connectivity index (χ3n) is 3.57. The molecule has 98 valence electrons. The molecule has 1 aliphatic rings. The van der Waals surface area contributed by atoms with Crippen LogP contribution >= 0.6 is 12.2 Å². The van der Waals surface area contributed by atoms with Gasteiger partial charge in [0, 0.05) is 5.56 Å². The molecule has 2 rings (SSSR count). The molecule has 1 saturated carbocycles. The zero-order valence-electron chi connectivity index (χ0n) is 10.9. The van der Waals surface area contributed by atoms with Crippen molar-refractivity contribution < 1.29 is 4.74 Å². The first kappa shape index (κ1) is 13.3. The highest BCUT2D eigenvalue weighted by atomic mass is 32.1. The minimum atomic E-state index is 0.354. The van der Waals surface area contributed by atoms with Crippen molar-refractivity contribution in [2.24, 2.45) is 5.73 Å². The van der Waals surface area contributed by atoms with Gasteiger partial charge in [0.15, 0.2) is 0 Å². The van der Waals surface area contributed by atoms with Gasteiger partial charge in [-0.15, -0.1) is 0 Å². The summed E-state index contributed by atoms with van der Waals surface area (Å²) < 4.78 is 6.14. The van der Waals surface area contributed by atoms with Gasteiger partial charge in [0.2, 0.25) is 0 Å². The maximum Gasteiger partial charge on any atom is 0.123 e. The van der Waals surface area contributed by atoms with E-state index in [1.165, 1.54) is 25.7 Å². The first-order valence-electron chi connectivity index (χ1n) is 6.74. The van der Waals surface area contributed by atoms with E-state index in [0.29, 0.717) is 11.1 Å². The van der Waals surface area contributed by atoms with Gasteiger partial charge >= 0.3 is 0 Å². The number of benzene rings is 1. The van der Waals surface area contributed by atoms with Crippen molar-refractivity contribution in [2.75, 3.05) is 0 Å². The number of aryl methyl sites for hydroxylation is 1. The van der Waals surface area contributed by atoms with Crippen LogP contribution in [-0.4, -0.2) is 11.1 Å². The van der Waals surface area contributed by atoms with Gasteiger partial charge in [0.25, 0.3) is 0 Å². The van der Waals surface area contributed by atoms with Crippen LogP contribution in [0.3, 0.4) is 0 Å². The molecule has 1 fully saturated rings. The number of hydrogen-bond acceptors (Lipinski definition) is 2. The van der Waals surface area contributed by atoms with Gasteiger partial charge in [0.05, 0.1) is 6.10 Å². The van der Waals surface area contributed by atoms with Gasteiger partial charge in [-0.05, 0) is 44.2 Å². The highest BCUT2D eigenvalue weighted by molar-refractivity contribution is 7.80. The zero-order chi connectivity index (χ0) is 13.0. The summed E-state index contributed by atoms with van der Waals surface area (Å²) in [6, 6.07) is 5.96. The van der Waals surface area contributed by atoms with Crippen LogP contribution in [0.2, 0.25) is 0 Å². The summed E-state index contributed by atoms with van der Waals surface area (Å²) in [4.78, 5) is 0.431.